The number of methoxy groups -OCH3 is 1. The maximum absolute atomic E-state index is 12.9. The predicted octanol–water partition coefficient (Wildman–Crippen LogP) is 2.80. The number of halogens is 1. The molecule has 0 radical (unpaired) electrons. The van der Waals surface area contributed by atoms with Crippen LogP contribution < -0.4 is 0 Å². The molecule has 0 bridgehead atoms. The first-order valence-corrected chi connectivity index (χ1v) is 8.76. The average molecular weight is 337 g/mol. The summed E-state index contributed by atoms with van der Waals surface area (Å²) in [6.45, 7) is 4.84. The molecule has 0 aliphatic carbocycles. The lowest BCUT2D eigenvalue weighted by atomic mass is 9.78. The Hall–Kier alpha value is -1.10. The van der Waals surface area contributed by atoms with Crippen LogP contribution >= 0.6 is 11.6 Å². The summed E-state index contributed by atoms with van der Waals surface area (Å²) in [5.41, 5.74) is 0.957. The van der Waals surface area contributed by atoms with Gasteiger partial charge in [0.25, 0.3) is 0 Å². The van der Waals surface area contributed by atoms with Crippen molar-refractivity contribution in [2.24, 2.45) is 5.41 Å². The smallest absolute Gasteiger partial charge is 0.230 e. The number of hydrogen-bond acceptors (Lipinski definition) is 3. The molecule has 5 heteroatoms. The van der Waals surface area contributed by atoms with Gasteiger partial charge < -0.3 is 9.64 Å². The lowest BCUT2D eigenvalue weighted by Gasteiger charge is -2.39. The molecule has 23 heavy (non-hydrogen) atoms. The highest BCUT2D eigenvalue weighted by Crippen LogP contribution is 2.40. The third-order valence-corrected chi connectivity index (χ3v) is 5.54. The van der Waals surface area contributed by atoms with Gasteiger partial charge in [-0.3, -0.25) is 9.69 Å². The van der Waals surface area contributed by atoms with Crippen molar-refractivity contribution in [3.8, 4) is 0 Å². The highest BCUT2D eigenvalue weighted by Gasteiger charge is 2.48. The number of piperidine rings is 1. The molecule has 2 aliphatic heterocycles. The molecule has 126 valence electrons. The van der Waals surface area contributed by atoms with E-state index in [0.29, 0.717) is 19.1 Å². The average Bonchev–Trinajstić information content (AvgIpc) is 2.95. The van der Waals surface area contributed by atoms with Crippen molar-refractivity contribution >= 4 is 17.5 Å². The number of carbonyl (C=O) groups excluding carboxylic acids is 1. The highest BCUT2D eigenvalue weighted by molar-refractivity contribution is 6.31. The minimum absolute atomic E-state index is 0.187. The summed E-state index contributed by atoms with van der Waals surface area (Å²) in [4.78, 5) is 17.3. The van der Waals surface area contributed by atoms with Crippen molar-refractivity contribution in [1.29, 1.82) is 0 Å². The van der Waals surface area contributed by atoms with Crippen LogP contribution in [0.2, 0.25) is 5.02 Å². The first kappa shape index (κ1) is 16.7. The van der Waals surface area contributed by atoms with E-state index < -0.39 is 0 Å². The summed E-state index contributed by atoms with van der Waals surface area (Å²) >= 11 is 6.27. The number of ether oxygens (including phenoxy) is 1. The monoisotopic (exact) mass is 336 g/mol. The van der Waals surface area contributed by atoms with Crippen molar-refractivity contribution in [3.05, 3.63) is 34.9 Å². The molecule has 1 unspecified atom stereocenters. The zero-order chi connectivity index (χ0) is 16.3. The Kier molecular flexibility index (Phi) is 5.24. The van der Waals surface area contributed by atoms with Gasteiger partial charge in [-0.2, -0.15) is 0 Å². The zero-order valence-corrected chi connectivity index (χ0v) is 14.5. The normalized spacial score (nSPS) is 25.5. The Labute approximate surface area is 143 Å². The molecule has 0 aromatic heterocycles. The Morgan fingerprint density at radius 3 is 2.87 bits per heavy atom. The van der Waals surface area contributed by atoms with Gasteiger partial charge in [-0.15, -0.1) is 0 Å². The van der Waals surface area contributed by atoms with Crippen LogP contribution in [0.3, 0.4) is 0 Å². The van der Waals surface area contributed by atoms with E-state index in [-0.39, 0.29) is 5.41 Å². The van der Waals surface area contributed by atoms with Gasteiger partial charge >= 0.3 is 0 Å². The predicted molar refractivity (Wildman–Crippen MR) is 91.5 cm³/mol. The molecule has 1 spiro atoms. The van der Waals surface area contributed by atoms with Crippen LogP contribution in [0, 0.1) is 5.41 Å². The van der Waals surface area contributed by atoms with Crippen molar-refractivity contribution in [2.75, 3.05) is 39.9 Å². The molecule has 2 aliphatic rings. The second kappa shape index (κ2) is 7.20. The molecule has 1 amide bonds. The molecule has 0 N–H and O–H groups in total. The van der Waals surface area contributed by atoms with E-state index in [0.717, 1.165) is 56.0 Å². The van der Waals surface area contributed by atoms with Crippen LogP contribution in [0.4, 0.5) is 0 Å². The topological polar surface area (TPSA) is 32.8 Å². The lowest BCUT2D eigenvalue weighted by Crippen LogP contribution is -2.50. The number of likely N-dealkylation sites (tertiary alicyclic amines) is 2. The first-order chi connectivity index (χ1) is 11.1. The molecule has 3 rings (SSSR count). The van der Waals surface area contributed by atoms with E-state index >= 15 is 0 Å². The third kappa shape index (κ3) is 3.54. The lowest BCUT2D eigenvalue weighted by molar-refractivity contribution is -0.146. The summed E-state index contributed by atoms with van der Waals surface area (Å²) in [7, 11) is 1.69. The summed E-state index contributed by atoms with van der Waals surface area (Å²) in [6, 6.07) is 7.98. The van der Waals surface area contributed by atoms with E-state index in [2.05, 4.69) is 11.0 Å². The van der Waals surface area contributed by atoms with E-state index in [1.54, 1.807) is 7.11 Å². The molecule has 4 nitrogen and oxygen atoms in total. The van der Waals surface area contributed by atoms with E-state index in [9.17, 15) is 4.79 Å². The molecule has 2 fully saturated rings. The molecule has 2 saturated heterocycles. The molecular formula is C18H25ClN2O2. The highest BCUT2D eigenvalue weighted by atomic mass is 35.5. The molecule has 0 saturated carbocycles. The Morgan fingerprint density at radius 2 is 2.09 bits per heavy atom. The number of amides is 1. The summed E-state index contributed by atoms with van der Waals surface area (Å²) in [5, 5.41) is 0.810. The minimum atomic E-state index is -0.187. The van der Waals surface area contributed by atoms with Gasteiger partial charge in [0.05, 0.1) is 12.0 Å². The van der Waals surface area contributed by atoms with Crippen molar-refractivity contribution in [3.63, 3.8) is 0 Å². The number of carbonyl (C=O) groups is 1. The fourth-order valence-electron chi connectivity index (χ4n) is 3.91. The second-order valence-corrected chi connectivity index (χ2v) is 7.13. The van der Waals surface area contributed by atoms with Gasteiger partial charge in [-0.1, -0.05) is 29.8 Å². The summed E-state index contributed by atoms with van der Waals surface area (Å²) < 4.78 is 5.14. The zero-order valence-electron chi connectivity index (χ0n) is 13.8. The molecule has 1 atom stereocenters. The van der Waals surface area contributed by atoms with E-state index in [1.165, 1.54) is 0 Å². The summed E-state index contributed by atoms with van der Waals surface area (Å²) in [5.74, 6) is 0.322. The summed E-state index contributed by atoms with van der Waals surface area (Å²) in [6.07, 6.45) is 3.06. The van der Waals surface area contributed by atoms with Gasteiger partial charge in [-0.05, 0) is 37.4 Å². The molecule has 2 heterocycles. The van der Waals surface area contributed by atoms with Crippen LogP contribution in [-0.2, 0) is 16.1 Å². The van der Waals surface area contributed by atoms with Crippen LogP contribution in [0.1, 0.15) is 24.8 Å². The Bertz CT molecular complexity index is 566. The maximum atomic E-state index is 12.9. The van der Waals surface area contributed by atoms with Crippen molar-refractivity contribution < 1.29 is 9.53 Å². The molecule has 1 aromatic carbocycles. The molecule has 1 aromatic rings. The van der Waals surface area contributed by atoms with E-state index in [1.807, 2.05) is 23.1 Å². The van der Waals surface area contributed by atoms with Gasteiger partial charge in [-0.25, -0.2) is 0 Å². The Balaban J connectivity index is 1.65. The standard InChI is InChI=1S/C18H25ClN2O2/c1-23-12-11-21-9-4-7-18(17(21)22)8-10-20(14-18)13-15-5-2-3-6-16(15)19/h2-3,5-6H,4,7-14H2,1H3. The van der Waals surface area contributed by atoms with Crippen LogP contribution in [0.15, 0.2) is 24.3 Å². The van der Waals surface area contributed by atoms with Gasteiger partial charge in [0, 0.05) is 38.3 Å². The number of hydrogen-bond donors (Lipinski definition) is 0. The van der Waals surface area contributed by atoms with Gasteiger partial charge in [0.1, 0.15) is 0 Å². The van der Waals surface area contributed by atoms with Gasteiger partial charge in [0.15, 0.2) is 0 Å². The molecular weight excluding hydrogens is 312 g/mol. The van der Waals surface area contributed by atoms with Crippen LogP contribution in [0.5, 0.6) is 0 Å². The number of benzene rings is 1. The quantitative estimate of drug-likeness (QED) is 0.829. The van der Waals surface area contributed by atoms with Crippen LogP contribution in [-0.4, -0.2) is 55.6 Å². The SMILES string of the molecule is COCCN1CCCC2(CCN(Cc3ccccc3Cl)C2)C1=O. The van der Waals surface area contributed by atoms with Crippen molar-refractivity contribution in [1.82, 2.24) is 9.80 Å². The number of rotatable bonds is 5. The fraction of sp³-hybridized carbons (Fsp3) is 0.611. The third-order valence-electron chi connectivity index (χ3n) is 5.17. The fourth-order valence-corrected chi connectivity index (χ4v) is 4.10. The maximum Gasteiger partial charge on any atom is 0.230 e. The number of nitrogens with zero attached hydrogens (tertiary/aromatic N) is 2. The van der Waals surface area contributed by atoms with Gasteiger partial charge in [0.2, 0.25) is 5.91 Å². The van der Waals surface area contributed by atoms with Crippen molar-refractivity contribution in [2.45, 2.75) is 25.8 Å². The first-order valence-electron chi connectivity index (χ1n) is 8.39. The largest absolute Gasteiger partial charge is 0.383 e. The Morgan fingerprint density at radius 1 is 1.26 bits per heavy atom. The van der Waals surface area contributed by atoms with Crippen LogP contribution in [0.25, 0.3) is 0 Å². The minimum Gasteiger partial charge on any atom is -0.383 e. The second-order valence-electron chi connectivity index (χ2n) is 6.72. The van der Waals surface area contributed by atoms with E-state index in [4.69, 9.17) is 16.3 Å².